The third kappa shape index (κ3) is 5.00. The molecule has 0 rings (SSSR count). The van der Waals surface area contributed by atoms with Crippen molar-refractivity contribution in [1.29, 1.82) is 0 Å². The molecule has 0 aromatic rings. The molecule has 21 heavy (non-hydrogen) atoms. The van der Waals surface area contributed by atoms with Crippen molar-refractivity contribution in [3.63, 3.8) is 0 Å². The predicted octanol–water partition coefficient (Wildman–Crippen LogP) is 8.01. The topological polar surface area (TPSA) is 0 Å². The molecular weight excluding hydrogens is 252 g/mol. The van der Waals surface area contributed by atoms with Crippen molar-refractivity contribution in [1.82, 2.24) is 0 Å². The summed E-state index contributed by atoms with van der Waals surface area (Å²) in [7, 11) is 0. The lowest BCUT2D eigenvalue weighted by atomic mass is 9.48. The molecule has 0 fully saturated rings. The zero-order valence-electron chi connectivity index (χ0n) is 16.6. The van der Waals surface area contributed by atoms with Crippen LogP contribution in [0, 0.1) is 16.2 Å². The highest BCUT2D eigenvalue weighted by atomic mass is 14.6. The standard InChI is InChI=1S/C21H44/c1-9-13-16-19(5,6)21(8,18-15-11-3)20(7,12-4)17-14-10-2/h9-18H2,1-8H3. The van der Waals surface area contributed by atoms with E-state index >= 15 is 0 Å². The van der Waals surface area contributed by atoms with Gasteiger partial charge in [-0.2, -0.15) is 0 Å². The van der Waals surface area contributed by atoms with Gasteiger partial charge in [0.1, 0.15) is 0 Å². The van der Waals surface area contributed by atoms with Gasteiger partial charge in [0, 0.05) is 0 Å². The van der Waals surface area contributed by atoms with Crippen LogP contribution in [0.5, 0.6) is 0 Å². The Bertz CT molecular complexity index is 265. The van der Waals surface area contributed by atoms with Gasteiger partial charge in [-0.05, 0) is 35.5 Å². The summed E-state index contributed by atoms with van der Waals surface area (Å²) < 4.78 is 0. The lowest BCUT2D eigenvalue weighted by molar-refractivity contribution is -0.0710. The maximum Gasteiger partial charge on any atom is -0.0221 e. The third-order valence-corrected chi connectivity index (χ3v) is 6.87. The van der Waals surface area contributed by atoms with Crippen LogP contribution in [-0.2, 0) is 0 Å². The molecule has 0 N–H and O–H groups in total. The molecule has 0 radical (unpaired) electrons. The minimum Gasteiger partial charge on any atom is -0.0654 e. The largest absolute Gasteiger partial charge is 0.0654 e. The quantitative estimate of drug-likeness (QED) is 0.342. The van der Waals surface area contributed by atoms with E-state index in [2.05, 4.69) is 55.4 Å². The smallest absolute Gasteiger partial charge is 0.0221 e. The van der Waals surface area contributed by atoms with Crippen LogP contribution in [0.1, 0.15) is 120 Å². The van der Waals surface area contributed by atoms with Crippen molar-refractivity contribution in [2.24, 2.45) is 16.2 Å². The fourth-order valence-electron chi connectivity index (χ4n) is 4.29. The third-order valence-electron chi connectivity index (χ3n) is 6.87. The molecule has 0 heterocycles. The highest BCUT2D eigenvalue weighted by molar-refractivity contribution is 5.00. The molecule has 0 aliphatic rings. The van der Waals surface area contributed by atoms with Crippen LogP contribution in [0.3, 0.4) is 0 Å². The summed E-state index contributed by atoms with van der Waals surface area (Å²) >= 11 is 0. The Hall–Kier alpha value is 0. The fourth-order valence-corrected chi connectivity index (χ4v) is 4.29. The van der Waals surface area contributed by atoms with Crippen LogP contribution < -0.4 is 0 Å². The van der Waals surface area contributed by atoms with E-state index in [0.717, 1.165) is 0 Å². The summed E-state index contributed by atoms with van der Waals surface area (Å²) in [6.45, 7) is 19.8. The van der Waals surface area contributed by atoms with Crippen LogP contribution in [-0.4, -0.2) is 0 Å². The van der Waals surface area contributed by atoms with E-state index in [4.69, 9.17) is 0 Å². The SMILES string of the molecule is CCCCC(C)(C)C(C)(CCCC)C(C)(CC)CCCC. The predicted molar refractivity (Wildman–Crippen MR) is 98.9 cm³/mol. The second-order valence-corrected chi connectivity index (χ2v) is 8.44. The molecule has 0 aliphatic heterocycles. The van der Waals surface area contributed by atoms with Gasteiger partial charge < -0.3 is 0 Å². The molecule has 2 unspecified atom stereocenters. The second kappa shape index (κ2) is 9.21. The normalized spacial score (nSPS) is 18.3. The van der Waals surface area contributed by atoms with Crippen molar-refractivity contribution < 1.29 is 0 Å². The zero-order chi connectivity index (χ0) is 16.6. The van der Waals surface area contributed by atoms with Crippen molar-refractivity contribution in [2.45, 2.75) is 120 Å². The van der Waals surface area contributed by atoms with Crippen LogP contribution in [0.4, 0.5) is 0 Å². The molecule has 0 aromatic heterocycles. The van der Waals surface area contributed by atoms with Gasteiger partial charge in [0.05, 0.1) is 0 Å². The minimum atomic E-state index is 0.441. The molecule has 0 heteroatoms. The van der Waals surface area contributed by atoms with Gasteiger partial charge >= 0.3 is 0 Å². The molecule has 0 bridgehead atoms. The molecule has 0 spiro atoms. The lowest BCUT2D eigenvalue weighted by Gasteiger charge is -2.56. The fraction of sp³-hybridized carbons (Fsp3) is 1.00. The first-order valence-corrected chi connectivity index (χ1v) is 9.74. The first-order valence-electron chi connectivity index (χ1n) is 9.74. The Balaban J connectivity index is 5.45. The number of unbranched alkanes of at least 4 members (excludes halogenated alkanes) is 3. The minimum absolute atomic E-state index is 0.441. The van der Waals surface area contributed by atoms with Crippen molar-refractivity contribution in [2.75, 3.05) is 0 Å². The molecular formula is C21H44. The van der Waals surface area contributed by atoms with E-state index in [1.807, 2.05) is 0 Å². The van der Waals surface area contributed by atoms with E-state index in [1.165, 1.54) is 64.2 Å². The molecule has 0 aliphatic carbocycles. The first-order chi connectivity index (χ1) is 9.74. The molecule has 0 saturated heterocycles. The second-order valence-electron chi connectivity index (χ2n) is 8.44. The van der Waals surface area contributed by atoms with Crippen molar-refractivity contribution >= 4 is 0 Å². The van der Waals surface area contributed by atoms with Gasteiger partial charge in [-0.3, -0.25) is 0 Å². The summed E-state index contributed by atoms with van der Waals surface area (Å²) in [6.07, 6.45) is 13.6. The average Bonchev–Trinajstić information content (AvgIpc) is 2.47. The number of hydrogen-bond donors (Lipinski definition) is 0. The summed E-state index contributed by atoms with van der Waals surface area (Å²) in [5.41, 5.74) is 1.38. The van der Waals surface area contributed by atoms with Crippen molar-refractivity contribution in [3.8, 4) is 0 Å². The monoisotopic (exact) mass is 296 g/mol. The van der Waals surface area contributed by atoms with Gasteiger partial charge in [0.25, 0.3) is 0 Å². The van der Waals surface area contributed by atoms with Gasteiger partial charge in [-0.1, -0.05) is 100 Å². The van der Waals surface area contributed by atoms with Crippen LogP contribution in [0.25, 0.3) is 0 Å². The summed E-state index contributed by atoms with van der Waals surface area (Å²) in [5, 5.41) is 0. The van der Waals surface area contributed by atoms with Crippen LogP contribution in [0.2, 0.25) is 0 Å². The summed E-state index contributed by atoms with van der Waals surface area (Å²) in [6, 6.07) is 0. The first kappa shape index (κ1) is 21.0. The van der Waals surface area contributed by atoms with Crippen LogP contribution in [0.15, 0.2) is 0 Å². The Morgan fingerprint density at radius 1 is 0.571 bits per heavy atom. The van der Waals surface area contributed by atoms with E-state index in [1.54, 1.807) is 0 Å². The molecule has 0 amide bonds. The van der Waals surface area contributed by atoms with Gasteiger partial charge in [-0.15, -0.1) is 0 Å². The molecule has 0 saturated carbocycles. The van der Waals surface area contributed by atoms with Gasteiger partial charge in [0.15, 0.2) is 0 Å². The zero-order valence-corrected chi connectivity index (χ0v) is 16.6. The number of hydrogen-bond acceptors (Lipinski definition) is 0. The molecule has 0 aromatic carbocycles. The van der Waals surface area contributed by atoms with Gasteiger partial charge in [0.2, 0.25) is 0 Å². The summed E-state index contributed by atoms with van der Waals surface area (Å²) in [5.74, 6) is 0. The van der Waals surface area contributed by atoms with Crippen LogP contribution >= 0.6 is 0 Å². The van der Waals surface area contributed by atoms with Crippen molar-refractivity contribution in [3.05, 3.63) is 0 Å². The maximum atomic E-state index is 2.62. The maximum absolute atomic E-state index is 2.62. The lowest BCUT2D eigenvalue weighted by Crippen LogP contribution is -2.48. The molecule has 2 atom stereocenters. The summed E-state index contributed by atoms with van der Waals surface area (Å²) in [4.78, 5) is 0. The Kier molecular flexibility index (Phi) is 9.21. The van der Waals surface area contributed by atoms with Gasteiger partial charge in [-0.25, -0.2) is 0 Å². The van der Waals surface area contributed by atoms with E-state index < -0.39 is 0 Å². The Labute approximate surface area is 136 Å². The van der Waals surface area contributed by atoms with E-state index in [0.29, 0.717) is 16.2 Å². The molecule has 0 nitrogen and oxygen atoms in total. The Morgan fingerprint density at radius 2 is 1.00 bits per heavy atom. The average molecular weight is 297 g/mol. The van der Waals surface area contributed by atoms with E-state index in [-0.39, 0.29) is 0 Å². The number of rotatable bonds is 12. The highest BCUT2D eigenvalue weighted by Crippen LogP contribution is 2.60. The Morgan fingerprint density at radius 3 is 1.43 bits per heavy atom. The highest BCUT2D eigenvalue weighted by Gasteiger charge is 2.50. The van der Waals surface area contributed by atoms with E-state index in [9.17, 15) is 0 Å². The molecule has 128 valence electrons.